The van der Waals surface area contributed by atoms with Gasteiger partial charge < -0.3 is 10.6 Å². The SMILES string of the molecule is CN(C)CC1CCN(C2(CN)CCCC2S(C)(=O)=O)CC1. The molecule has 0 radical (unpaired) electrons. The van der Waals surface area contributed by atoms with Crippen LogP contribution in [-0.4, -0.2) is 75.5 Å². The number of piperidine rings is 1. The van der Waals surface area contributed by atoms with E-state index in [0.29, 0.717) is 6.54 Å². The maximum Gasteiger partial charge on any atom is 0.152 e. The Morgan fingerprint density at radius 2 is 1.86 bits per heavy atom. The molecule has 0 spiro atoms. The van der Waals surface area contributed by atoms with E-state index < -0.39 is 9.84 Å². The van der Waals surface area contributed by atoms with E-state index >= 15 is 0 Å². The standard InChI is InChI=1S/C15H31N3O2S/c1-17(2)11-13-6-9-18(10-7-13)15(12-16)8-4-5-14(15)21(3,19)20/h13-14H,4-12,16H2,1-3H3. The van der Waals surface area contributed by atoms with Gasteiger partial charge in [0.1, 0.15) is 0 Å². The minimum absolute atomic E-state index is 0.277. The van der Waals surface area contributed by atoms with Crippen molar-refractivity contribution in [1.82, 2.24) is 9.80 Å². The molecule has 2 atom stereocenters. The Bertz CT molecular complexity index is 444. The minimum atomic E-state index is -3.03. The van der Waals surface area contributed by atoms with Gasteiger partial charge in [0.05, 0.1) is 5.25 Å². The first kappa shape index (κ1) is 17.2. The molecule has 2 aliphatic rings. The second-order valence-corrected chi connectivity index (χ2v) is 9.44. The van der Waals surface area contributed by atoms with Gasteiger partial charge in [-0.3, -0.25) is 4.90 Å². The summed E-state index contributed by atoms with van der Waals surface area (Å²) < 4.78 is 24.3. The lowest BCUT2D eigenvalue weighted by Gasteiger charge is -2.47. The number of nitrogens with zero attached hydrogens (tertiary/aromatic N) is 2. The zero-order valence-corrected chi connectivity index (χ0v) is 14.5. The van der Waals surface area contributed by atoms with Crippen LogP contribution in [0, 0.1) is 5.92 Å². The van der Waals surface area contributed by atoms with Gasteiger partial charge in [0.15, 0.2) is 9.84 Å². The van der Waals surface area contributed by atoms with Crippen LogP contribution in [-0.2, 0) is 9.84 Å². The van der Waals surface area contributed by atoms with Crippen molar-refractivity contribution in [3.63, 3.8) is 0 Å². The molecule has 1 heterocycles. The number of sulfone groups is 1. The van der Waals surface area contributed by atoms with Crippen LogP contribution in [0.2, 0.25) is 0 Å². The van der Waals surface area contributed by atoms with Gasteiger partial charge in [-0.2, -0.15) is 0 Å². The average Bonchev–Trinajstić information content (AvgIpc) is 2.84. The fourth-order valence-electron chi connectivity index (χ4n) is 4.44. The predicted octanol–water partition coefficient (Wildman–Crippen LogP) is 0.555. The summed E-state index contributed by atoms with van der Waals surface area (Å²) >= 11 is 0. The third kappa shape index (κ3) is 3.60. The van der Waals surface area contributed by atoms with Gasteiger partial charge in [0.2, 0.25) is 0 Å². The molecule has 1 saturated heterocycles. The largest absolute Gasteiger partial charge is 0.329 e. The van der Waals surface area contributed by atoms with Crippen LogP contribution in [0.4, 0.5) is 0 Å². The highest BCUT2D eigenvalue weighted by molar-refractivity contribution is 7.91. The van der Waals surface area contributed by atoms with E-state index in [4.69, 9.17) is 5.73 Å². The molecule has 2 N–H and O–H groups in total. The first-order chi connectivity index (χ1) is 9.79. The summed E-state index contributed by atoms with van der Waals surface area (Å²) in [4.78, 5) is 4.64. The number of rotatable bonds is 5. The Kier molecular flexibility index (Phi) is 5.34. The summed E-state index contributed by atoms with van der Waals surface area (Å²) in [6.45, 7) is 3.56. The molecule has 0 aromatic carbocycles. The van der Waals surface area contributed by atoms with Gasteiger partial charge in [0, 0.05) is 24.9 Å². The van der Waals surface area contributed by atoms with Crippen LogP contribution in [0.3, 0.4) is 0 Å². The zero-order valence-electron chi connectivity index (χ0n) is 13.7. The first-order valence-electron chi connectivity index (χ1n) is 8.08. The van der Waals surface area contributed by atoms with Gasteiger partial charge in [-0.05, 0) is 58.8 Å². The quantitative estimate of drug-likeness (QED) is 0.802. The second kappa shape index (κ2) is 6.52. The maximum absolute atomic E-state index is 12.2. The van der Waals surface area contributed by atoms with Crippen molar-refractivity contribution in [3.8, 4) is 0 Å². The van der Waals surface area contributed by atoms with Crippen molar-refractivity contribution in [2.45, 2.75) is 42.9 Å². The highest BCUT2D eigenvalue weighted by Crippen LogP contribution is 2.40. The van der Waals surface area contributed by atoms with Crippen LogP contribution in [0.15, 0.2) is 0 Å². The molecule has 2 unspecified atom stereocenters. The molecular formula is C15H31N3O2S. The van der Waals surface area contributed by atoms with E-state index in [2.05, 4.69) is 23.9 Å². The number of nitrogens with two attached hydrogens (primary N) is 1. The Balaban J connectivity index is 2.09. The molecule has 21 heavy (non-hydrogen) atoms. The Morgan fingerprint density at radius 1 is 1.24 bits per heavy atom. The van der Waals surface area contributed by atoms with Gasteiger partial charge in [-0.1, -0.05) is 6.42 Å². The average molecular weight is 317 g/mol. The third-order valence-corrected chi connectivity index (χ3v) is 7.12. The summed E-state index contributed by atoms with van der Waals surface area (Å²) in [6, 6.07) is 0. The third-order valence-electron chi connectivity index (χ3n) is 5.41. The highest BCUT2D eigenvalue weighted by Gasteiger charge is 2.51. The topological polar surface area (TPSA) is 66.6 Å². The Labute approximate surface area is 129 Å². The van der Waals surface area contributed by atoms with E-state index in [-0.39, 0.29) is 10.8 Å². The molecule has 2 rings (SSSR count). The van der Waals surface area contributed by atoms with Crippen molar-refractivity contribution >= 4 is 9.84 Å². The zero-order chi connectivity index (χ0) is 15.7. The monoisotopic (exact) mass is 317 g/mol. The van der Waals surface area contributed by atoms with E-state index in [9.17, 15) is 8.42 Å². The van der Waals surface area contributed by atoms with E-state index in [1.165, 1.54) is 6.26 Å². The van der Waals surface area contributed by atoms with Crippen LogP contribution in [0.5, 0.6) is 0 Å². The van der Waals surface area contributed by atoms with Crippen LogP contribution in [0.25, 0.3) is 0 Å². The minimum Gasteiger partial charge on any atom is -0.329 e. The summed E-state index contributed by atoms with van der Waals surface area (Å²) in [5, 5.41) is -0.277. The molecule has 124 valence electrons. The lowest BCUT2D eigenvalue weighted by atomic mass is 9.88. The maximum atomic E-state index is 12.2. The second-order valence-electron chi connectivity index (χ2n) is 7.21. The van der Waals surface area contributed by atoms with Crippen molar-refractivity contribution in [3.05, 3.63) is 0 Å². The summed E-state index contributed by atoms with van der Waals surface area (Å²) in [5.41, 5.74) is 5.78. The molecule has 2 fully saturated rings. The van der Waals surface area contributed by atoms with E-state index in [0.717, 1.165) is 57.7 Å². The predicted molar refractivity (Wildman–Crippen MR) is 87.1 cm³/mol. The lowest BCUT2D eigenvalue weighted by Crippen LogP contribution is -2.62. The van der Waals surface area contributed by atoms with Gasteiger partial charge in [-0.25, -0.2) is 8.42 Å². The number of likely N-dealkylation sites (tertiary alicyclic amines) is 1. The van der Waals surface area contributed by atoms with Crippen molar-refractivity contribution < 1.29 is 8.42 Å². The molecule has 1 aliphatic carbocycles. The molecule has 0 aromatic heterocycles. The Morgan fingerprint density at radius 3 is 2.33 bits per heavy atom. The van der Waals surface area contributed by atoms with Gasteiger partial charge >= 0.3 is 0 Å². The van der Waals surface area contributed by atoms with Crippen molar-refractivity contribution in [2.24, 2.45) is 11.7 Å². The molecule has 1 aliphatic heterocycles. The van der Waals surface area contributed by atoms with Crippen LogP contribution in [0.1, 0.15) is 32.1 Å². The number of hydrogen-bond donors (Lipinski definition) is 1. The van der Waals surface area contributed by atoms with Gasteiger partial charge in [-0.15, -0.1) is 0 Å². The molecule has 1 saturated carbocycles. The molecular weight excluding hydrogens is 286 g/mol. The van der Waals surface area contributed by atoms with E-state index in [1.54, 1.807) is 0 Å². The molecule has 0 amide bonds. The normalized spacial score (nSPS) is 32.9. The molecule has 0 bridgehead atoms. The summed E-state index contributed by atoms with van der Waals surface area (Å²) in [7, 11) is 1.20. The summed E-state index contributed by atoms with van der Waals surface area (Å²) in [6.07, 6.45) is 6.36. The smallest absolute Gasteiger partial charge is 0.152 e. The first-order valence-corrected chi connectivity index (χ1v) is 10.0. The van der Waals surface area contributed by atoms with Gasteiger partial charge in [0.25, 0.3) is 0 Å². The van der Waals surface area contributed by atoms with Crippen LogP contribution < -0.4 is 5.73 Å². The highest BCUT2D eigenvalue weighted by atomic mass is 32.2. The fraction of sp³-hybridized carbons (Fsp3) is 1.00. The molecule has 6 heteroatoms. The molecule has 5 nitrogen and oxygen atoms in total. The number of hydrogen-bond acceptors (Lipinski definition) is 5. The Hall–Kier alpha value is -0.170. The van der Waals surface area contributed by atoms with Crippen molar-refractivity contribution in [2.75, 3.05) is 46.5 Å². The van der Waals surface area contributed by atoms with Crippen LogP contribution >= 0.6 is 0 Å². The lowest BCUT2D eigenvalue weighted by molar-refractivity contribution is 0.0557. The summed E-state index contributed by atoms with van der Waals surface area (Å²) in [5.74, 6) is 0.726. The van der Waals surface area contributed by atoms with Crippen molar-refractivity contribution in [1.29, 1.82) is 0 Å². The molecule has 0 aromatic rings. The van der Waals surface area contributed by atoms with E-state index in [1.807, 2.05) is 0 Å². The fourth-order valence-corrected chi connectivity index (χ4v) is 6.19.